The van der Waals surface area contributed by atoms with E-state index in [0.29, 0.717) is 5.75 Å². The summed E-state index contributed by atoms with van der Waals surface area (Å²) in [7, 11) is 0. The first-order chi connectivity index (χ1) is 11.2. The van der Waals surface area contributed by atoms with Gasteiger partial charge in [-0.15, -0.1) is 0 Å². The summed E-state index contributed by atoms with van der Waals surface area (Å²) in [5.41, 5.74) is 3.38. The van der Waals surface area contributed by atoms with Crippen molar-refractivity contribution in [3.05, 3.63) is 29.3 Å². The number of hydrogen-bond donors (Lipinski definition) is 1. The molecule has 1 amide bonds. The lowest BCUT2D eigenvalue weighted by atomic mass is 10.0. The second-order valence-electron chi connectivity index (χ2n) is 5.81. The zero-order valence-electron chi connectivity index (χ0n) is 14.1. The number of rotatable bonds is 5. The van der Waals surface area contributed by atoms with Gasteiger partial charge in [0, 0.05) is 18.8 Å². The van der Waals surface area contributed by atoms with Crippen molar-refractivity contribution >= 4 is 39.9 Å². The Hall–Kier alpha value is -1.07. The van der Waals surface area contributed by atoms with Crippen LogP contribution < -0.4 is 5.32 Å². The average molecular weight is 351 g/mol. The van der Waals surface area contributed by atoms with Gasteiger partial charge >= 0.3 is 0 Å². The molecule has 1 aromatic carbocycles. The number of thioether (sulfide) groups is 1. The maximum atomic E-state index is 12.3. The molecular weight excluding hydrogens is 324 g/mol. The van der Waals surface area contributed by atoms with Crippen molar-refractivity contribution in [1.29, 1.82) is 0 Å². The van der Waals surface area contributed by atoms with E-state index < -0.39 is 0 Å². The summed E-state index contributed by atoms with van der Waals surface area (Å²) in [6, 6.07) is 6.23. The average Bonchev–Trinajstić information content (AvgIpc) is 2.60. The van der Waals surface area contributed by atoms with Crippen LogP contribution in [0.1, 0.15) is 44.2 Å². The van der Waals surface area contributed by atoms with E-state index in [1.165, 1.54) is 42.2 Å². The van der Waals surface area contributed by atoms with Gasteiger partial charge in [-0.3, -0.25) is 4.79 Å². The van der Waals surface area contributed by atoms with Crippen LogP contribution in [0.15, 0.2) is 18.2 Å². The largest absolute Gasteiger partial charge is 0.358 e. The lowest BCUT2D eigenvalue weighted by Gasteiger charge is -2.28. The van der Waals surface area contributed by atoms with Crippen LogP contribution in [0.4, 0.5) is 5.69 Å². The number of amides is 1. The molecule has 0 spiro atoms. The molecule has 0 aliphatic carbocycles. The highest BCUT2D eigenvalue weighted by Gasteiger charge is 2.16. The molecule has 23 heavy (non-hydrogen) atoms. The number of nitrogens with zero attached hydrogens (tertiary/aromatic N) is 1. The Labute approximate surface area is 149 Å². The van der Waals surface area contributed by atoms with Crippen molar-refractivity contribution in [2.24, 2.45) is 0 Å². The molecular formula is C18H26N2OS2. The molecule has 1 aliphatic rings. The molecule has 5 heteroatoms. The summed E-state index contributed by atoms with van der Waals surface area (Å²) < 4.78 is 0.861. The number of piperidine rings is 1. The van der Waals surface area contributed by atoms with E-state index in [4.69, 9.17) is 12.2 Å². The van der Waals surface area contributed by atoms with Gasteiger partial charge in [-0.25, -0.2) is 0 Å². The summed E-state index contributed by atoms with van der Waals surface area (Å²) in [5, 5.41) is 3.10. The lowest BCUT2D eigenvalue weighted by Crippen LogP contribution is -2.33. The first kappa shape index (κ1) is 18.3. The van der Waals surface area contributed by atoms with Crippen LogP contribution in [-0.2, 0) is 17.6 Å². The van der Waals surface area contributed by atoms with Gasteiger partial charge in [0.15, 0.2) is 0 Å². The van der Waals surface area contributed by atoms with E-state index in [-0.39, 0.29) is 5.91 Å². The minimum atomic E-state index is 0.0324. The molecule has 0 bridgehead atoms. The molecule has 1 heterocycles. The zero-order valence-corrected chi connectivity index (χ0v) is 15.7. The summed E-state index contributed by atoms with van der Waals surface area (Å²) in [5.74, 6) is 0.418. The SMILES string of the molecule is CCc1cccc(CC)c1NC(=O)CSC(=S)N1CCCCC1. The maximum absolute atomic E-state index is 12.3. The standard InChI is InChI=1S/C18H26N2OS2/c1-3-14-9-8-10-15(4-2)17(14)19-16(21)13-23-18(22)20-11-6-5-7-12-20/h8-10H,3-7,11-13H2,1-2H3,(H,19,21). The van der Waals surface area contributed by atoms with Gasteiger partial charge in [-0.1, -0.05) is 56.0 Å². The van der Waals surface area contributed by atoms with Gasteiger partial charge < -0.3 is 10.2 Å². The number of likely N-dealkylation sites (tertiary alicyclic amines) is 1. The van der Waals surface area contributed by atoms with Crippen LogP contribution in [0.2, 0.25) is 0 Å². The van der Waals surface area contributed by atoms with Gasteiger partial charge in [0.05, 0.1) is 5.75 Å². The Kier molecular flexibility index (Phi) is 7.37. The summed E-state index contributed by atoms with van der Waals surface area (Å²) in [4.78, 5) is 14.6. The predicted octanol–water partition coefficient (Wildman–Crippen LogP) is 4.25. The van der Waals surface area contributed by atoms with E-state index >= 15 is 0 Å². The zero-order chi connectivity index (χ0) is 16.7. The Morgan fingerprint density at radius 2 is 1.78 bits per heavy atom. The number of anilines is 1. The topological polar surface area (TPSA) is 32.3 Å². The third-order valence-corrected chi connectivity index (χ3v) is 5.73. The summed E-state index contributed by atoms with van der Waals surface area (Å²) in [6.45, 7) is 6.30. The molecule has 1 fully saturated rings. The fourth-order valence-electron chi connectivity index (χ4n) is 2.87. The minimum absolute atomic E-state index is 0.0324. The molecule has 126 valence electrons. The van der Waals surface area contributed by atoms with Crippen LogP contribution in [0.25, 0.3) is 0 Å². The number of thiocarbonyl (C=S) groups is 1. The van der Waals surface area contributed by atoms with E-state index in [1.807, 2.05) is 0 Å². The highest BCUT2D eigenvalue weighted by molar-refractivity contribution is 8.23. The number of carbonyl (C=O) groups is 1. The molecule has 2 rings (SSSR count). The number of carbonyl (C=O) groups excluding carboxylic acids is 1. The van der Waals surface area contributed by atoms with Crippen LogP contribution in [0.5, 0.6) is 0 Å². The fourth-order valence-corrected chi connectivity index (χ4v) is 3.92. The van der Waals surface area contributed by atoms with E-state index in [9.17, 15) is 4.79 Å². The van der Waals surface area contributed by atoms with Crippen LogP contribution in [-0.4, -0.2) is 34.0 Å². The number of nitrogens with one attached hydrogen (secondary N) is 1. The first-order valence-corrected chi connectivity index (χ1v) is 9.87. The number of para-hydroxylation sites is 1. The highest BCUT2D eigenvalue weighted by Crippen LogP contribution is 2.23. The predicted molar refractivity (Wildman–Crippen MR) is 104 cm³/mol. The molecule has 0 atom stereocenters. The van der Waals surface area contributed by atoms with Crippen molar-refractivity contribution in [2.75, 3.05) is 24.2 Å². The maximum Gasteiger partial charge on any atom is 0.234 e. The third kappa shape index (κ3) is 5.21. The molecule has 0 unspecified atom stereocenters. The molecule has 0 saturated carbocycles. The molecule has 3 nitrogen and oxygen atoms in total. The molecule has 1 N–H and O–H groups in total. The van der Waals surface area contributed by atoms with E-state index in [1.54, 1.807) is 0 Å². The minimum Gasteiger partial charge on any atom is -0.358 e. The molecule has 1 aromatic rings. The fraction of sp³-hybridized carbons (Fsp3) is 0.556. The number of benzene rings is 1. The Morgan fingerprint density at radius 1 is 1.17 bits per heavy atom. The molecule has 0 aromatic heterocycles. The normalized spacial score (nSPS) is 14.6. The van der Waals surface area contributed by atoms with Crippen molar-refractivity contribution in [2.45, 2.75) is 46.0 Å². The second kappa shape index (κ2) is 9.28. The van der Waals surface area contributed by atoms with Gasteiger partial charge in [0.2, 0.25) is 5.91 Å². The molecule has 0 radical (unpaired) electrons. The molecule has 1 saturated heterocycles. The van der Waals surface area contributed by atoms with Gasteiger partial charge in [-0.2, -0.15) is 0 Å². The van der Waals surface area contributed by atoms with E-state index in [2.05, 4.69) is 42.3 Å². The summed E-state index contributed by atoms with van der Waals surface area (Å²) >= 11 is 6.95. The van der Waals surface area contributed by atoms with Crippen molar-refractivity contribution in [3.8, 4) is 0 Å². The first-order valence-electron chi connectivity index (χ1n) is 8.48. The smallest absolute Gasteiger partial charge is 0.234 e. The molecule has 1 aliphatic heterocycles. The lowest BCUT2D eigenvalue weighted by molar-refractivity contribution is -0.113. The third-order valence-electron chi connectivity index (χ3n) is 4.20. The van der Waals surface area contributed by atoms with Crippen molar-refractivity contribution in [1.82, 2.24) is 4.90 Å². The van der Waals surface area contributed by atoms with Gasteiger partial charge in [0.1, 0.15) is 4.32 Å². The Balaban J connectivity index is 1.91. The van der Waals surface area contributed by atoms with Crippen molar-refractivity contribution in [3.63, 3.8) is 0 Å². The van der Waals surface area contributed by atoms with Crippen LogP contribution in [0, 0.1) is 0 Å². The van der Waals surface area contributed by atoms with Crippen LogP contribution in [0.3, 0.4) is 0 Å². The monoisotopic (exact) mass is 350 g/mol. The highest BCUT2D eigenvalue weighted by atomic mass is 32.2. The van der Waals surface area contributed by atoms with Crippen molar-refractivity contribution < 1.29 is 4.79 Å². The van der Waals surface area contributed by atoms with Gasteiger partial charge in [0.25, 0.3) is 0 Å². The second-order valence-corrected chi connectivity index (χ2v) is 7.42. The Bertz CT molecular complexity index is 532. The number of aryl methyl sites for hydroxylation is 2. The number of hydrogen-bond acceptors (Lipinski definition) is 3. The quantitative estimate of drug-likeness (QED) is 0.805. The Morgan fingerprint density at radius 3 is 2.35 bits per heavy atom. The van der Waals surface area contributed by atoms with Crippen LogP contribution >= 0.6 is 24.0 Å². The van der Waals surface area contributed by atoms with Gasteiger partial charge in [-0.05, 0) is 43.2 Å². The van der Waals surface area contributed by atoms with E-state index in [0.717, 1.165) is 35.9 Å². The summed E-state index contributed by atoms with van der Waals surface area (Å²) in [6.07, 6.45) is 5.54.